The van der Waals surface area contributed by atoms with Gasteiger partial charge in [0.25, 0.3) is 0 Å². The van der Waals surface area contributed by atoms with E-state index in [-0.39, 0.29) is 6.10 Å². The van der Waals surface area contributed by atoms with Gasteiger partial charge in [0.15, 0.2) is 0 Å². The van der Waals surface area contributed by atoms with Gasteiger partial charge in [-0.1, -0.05) is 0 Å². The number of aliphatic hydroxyl groups is 1. The molecule has 1 unspecified atom stereocenters. The highest BCUT2D eigenvalue weighted by Crippen LogP contribution is 2.14. The van der Waals surface area contributed by atoms with E-state index in [0.29, 0.717) is 0 Å². The molecule has 1 saturated heterocycles. The molecule has 1 rings (SSSR count). The maximum atomic E-state index is 9.17. The Labute approximate surface area is 74.8 Å². The number of aliphatic hydroxyl groups excluding tert-OH is 1. The molecule has 2 N–H and O–H groups in total. The van der Waals surface area contributed by atoms with E-state index >= 15 is 0 Å². The molecule has 0 aromatic heterocycles. The Bertz CT molecular complexity index is 128. The summed E-state index contributed by atoms with van der Waals surface area (Å²) in [5.41, 5.74) is 0. The van der Waals surface area contributed by atoms with E-state index in [2.05, 4.69) is 10.2 Å². The van der Waals surface area contributed by atoms with E-state index < -0.39 is 0 Å². The molecule has 0 amide bonds. The second-order valence-corrected chi connectivity index (χ2v) is 3.82. The molecule has 3 nitrogen and oxygen atoms in total. The highest BCUT2D eigenvalue weighted by molar-refractivity contribution is 4.77. The van der Waals surface area contributed by atoms with Crippen LogP contribution in [0.4, 0.5) is 0 Å². The molecule has 0 aromatic carbocycles. The Morgan fingerprint density at radius 3 is 3.00 bits per heavy atom. The fourth-order valence-electron chi connectivity index (χ4n) is 1.91. The fraction of sp³-hybridized carbons (Fsp3) is 1.00. The van der Waals surface area contributed by atoms with Crippen molar-refractivity contribution >= 4 is 0 Å². The molecule has 1 aliphatic rings. The van der Waals surface area contributed by atoms with Gasteiger partial charge in [-0.15, -0.1) is 0 Å². The smallest absolute Gasteiger partial charge is 0.0639 e. The van der Waals surface area contributed by atoms with Crippen LogP contribution in [0.3, 0.4) is 0 Å². The number of hydrogen-bond donors (Lipinski definition) is 2. The van der Waals surface area contributed by atoms with Crippen LogP contribution in [-0.2, 0) is 0 Å². The van der Waals surface area contributed by atoms with Gasteiger partial charge in [0, 0.05) is 13.1 Å². The van der Waals surface area contributed by atoms with Crippen LogP contribution >= 0.6 is 0 Å². The average Bonchev–Trinajstić information content (AvgIpc) is 2.36. The quantitative estimate of drug-likeness (QED) is 0.622. The number of β-amino-alcohol motifs (C(OH)–C–C–N with tert-alkyl or cyclic N) is 1. The van der Waals surface area contributed by atoms with Gasteiger partial charge >= 0.3 is 0 Å². The Morgan fingerprint density at radius 1 is 1.67 bits per heavy atom. The van der Waals surface area contributed by atoms with Crippen LogP contribution in [-0.4, -0.2) is 49.3 Å². The normalized spacial score (nSPS) is 27.8. The fourth-order valence-corrected chi connectivity index (χ4v) is 1.91. The molecule has 12 heavy (non-hydrogen) atoms. The van der Waals surface area contributed by atoms with E-state index in [1.807, 2.05) is 14.0 Å². The molecule has 3 heteroatoms. The first kappa shape index (κ1) is 9.96. The Morgan fingerprint density at radius 2 is 2.42 bits per heavy atom. The van der Waals surface area contributed by atoms with Gasteiger partial charge in [0.2, 0.25) is 0 Å². The minimum Gasteiger partial charge on any atom is -0.392 e. The standard InChI is InChI=1S/C9H20N2O/c1-8(12)6-11-4-3-9(7-11)5-10-2/h8-10,12H,3-7H2,1-2H3/t8-,9?/m0/s1. The minimum atomic E-state index is -0.182. The van der Waals surface area contributed by atoms with Gasteiger partial charge in [-0.3, -0.25) is 0 Å². The van der Waals surface area contributed by atoms with Crippen molar-refractivity contribution in [3.8, 4) is 0 Å². The number of nitrogens with one attached hydrogen (secondary N) is 1. The van der Waals surface area contributed by atoms with Gasteiger partial charge in [-0.25, -0.2) is 0 Å². The molecule has 2 atom stereocenters. The van der Waals surface area contributed by atoms with E-state index in [1.165, 1.54) is 6.42 Å². The monoisotopic (exact) mass is 172 g/mol. The third kappa shape index (κ3) is 3.09. The zero-order chi connectivity index (χ0) is 8.97. The van der Waals surface area contributed by atoms with Crippen molar-refractivity contribution < 1.29 is 5.11 Å². The van der Waals surface area contributed by atoms with Gasteiger partial charge in [-0.05, 0) is 39.4 Å². The molecular weight excluding hydrogens is 152 g/mol. The van der Waals surface area contributed by atoms with Gasteiger partial charge < -0.3 is 15.3 Å². The van der Waals surface area contributed by atoms with E-state index in [1.54, 1.807) is 0 Å². The van der Waals surface area contributed by atoms with Crippen molar-refractivity contribution in [3.05, 3.63) is 0 Å². The van der Waals surface area contributed by atoms with Crippen LogP contribution in [0.15, 0.2) is 0 Å². The topological polar surface area (TPSA) is 35.5 Å². The Kier molecular flexibility index (Phi) is 3.98. The van der Waals surface area contributed by atoms with Crippen LogP contribution in [0.5, 0.6) is 0 Å². The van der Waals surface area contributed by atoms with E-state index in [9.17, 15) is 5.11 Å². The minimum absolute atomic E-state index is 0.182. The van der Waals surface area contributed by atoms with Gasteiger partial charge in [-0.2, -0.15) is 0 Å². The third-order valence-electron chi connectivity index (χ3n) is 2.39. The first-order valence-corrected chi connectivity index (χ1v) is 4.77. The summed E-state index contributed by atoms with van der Waals surface area (Å²) in [5, 5.41) is 12.4. The zero-order valence-corrected chi connectivity index (χ0v) is 8.08. The van der Waals surface area contributed by atoms with Crippen LogP contribution in [0.25, 0.3) is 0 Å². The summed E-state index contributed by atoms with van der Waals surface area (Å²) in [5.74, 6) is 0.786. The molecule has 72 valence electrons. The summed E-state index contributed by atoms with van der Waals surface area (Å²) in [6, 6.07) is 0. The molecule has 0 spiro atoms. The number of nitrogens with zero attached hydrogens (tertiary/aromatic N) is 1. The van der Waals surface area contributed by atoms with Crippen molar-refractivity contribution in [2.45, 2.75) is 19.4 Å². The molecular formula is C9H20N2O. The van der Waals surface area contributed by atoms with E-state index in [4.69, 9.17) is 0 Å². The first-order chi connectivity index (χ1) is 5.72. The SMILES string of the molecule is CNCC1CCN(C[C@H](C)O)C1. The lowest BCUT2D eigenvalue weighted by Crippen LogP contribution is -2.30. The molecule has 1 fully saturated rings. The zero-order valence-electron chi connectivity index (χ0n) is 8.08. The summed E-state index contributed by atoms with van der Waals surface area (Å²) in [4.78, 5) is 2.34. The predicted octanol–water partition coefficient (Wildman–Crippen LogP) is -0.0915. The number of hydrogen-bond acceptors (Lipinski definition) is 3. The van der Waals surface area contributed by atoms with Crippen LogP contribution in [0, 0.1) is 5.92 Å². The summed E-state index contributed by atoms with van der Waals surface area (Å²) in [7, 11) is 2.00. The highest BCUT2D eigenvalue weighted by Gasteiger charge is 2.21. The second-order valence-electron chi connectivity index (χ2n) is 3.82. The third-order valence-corrected chi connectivity index (χ3v) is 2.39. The molecule has 1 aliphatic heterocycles. The second kappa shape index (κ2) is 4.80. The Balaban J connectivity index is 2.16. The van der Waals surface area contributed by atoms with Crippen LogP contribution < -0.4 is 5.32 Å². The van der Waals surface area contributed by atoms with Crippen molar-refractivity contribution in [3.63, 3.8) is 0 Å². The lowest BCUT2D eigenvalue weighted by atomic mass is 10.1. The number of rotatable bonds is 4. The maximum Gasteiger partial charge on any atom is 0.0639 e. The lowest BCUT2D eigenvalue weighted by Gasteiger charge is -2.17. The molecule has 0 aliphatic carbocycles. The molecule has 0 radical (unpaired) electrons. The summed E-state index contributed by atoms with van der Waals surface area (Å²) in [6.07, 6.45) is 1.09. The first-order valence-electron chi connectivity index (χ1n) is 4.77. The van der Waals surface area contributed by atoms with Crippen molar-refractivity contribution in [1.82, 2.24) is 10.2 Å². The maximum absolute atomic E-state index is 9.17. The van der Waals surface area contributed by atoms with Crippen molar-refractivity contribution in [2.75, 3.05) is 33.2 Å². The summed E-state index contributed by atoms with van der Waals surface area (Å²) in [6.45, 7) is 6.09. The highest BCUT2D eigenvalue weighted by atomic mass is 16.3. The van der Waals surface area contributed by atoms with Crippen LogP contribution in [0.1, 0.15) is 13.3 Å². The summed E-state index contributed by atoms with van der Waals surface area (Å²) >= 11 is 0. The molecule has 1 heterocycles. The van der Waals surface area contributed by atoms with Crippen molar-refractivity contribution in [2.24, 2.45) is 5.92 Å². The Hall–Kier alpha value is -0.120. The largest absolute Gasteiger partial charge is 0.392 e. The average molecular weight is 172 g/mol. The molecule has 0 bridgehead atoms. The number of likely N-dealkylation sites (tertiary alicyclic amines) is 1. The molecule has 0 aromatic rings. The van der Waals surface area contributed by atoms with E-state index in [0.717, 1.165) is 32.1 Å². The van der Waals surface area contributed by atoms with Crippen LogP contribution in [0.2, 0.25) is 0 Å². The lowest BCUT2D eigenvalue weighted by molar-refractivity contribution is 0.138. The van der Waals surface area contributed by atoms with Gasteiger partial charge in [0.1, 0.15) is 0 Å². The predicted molar refractivity (Wildman–Crippen MR) is 50.2 cm³/mol. The van der Waals surface area contributed by atoms with Gasteiger partial charge in [0.05, 0.1) is 6.10 Å². The molecule has 0 saturated carbocycles. The van der Waals surface area contributed by atoms with Crippen molar-refractivity contribution in [1.29, 1.82) is 0 Å². The summed E-state index contributed by atoms with van der Waals surface area (Å²) < 4.78 is 0.